The lowest BCUT2D eigenvalue weighted by Crippen LogP contribution is -2.29. The molecule has 1 aromatic heterocycles. The molecule has 2 rings (SSSR count). The number of rotatable bonds is 3. The van der Waals surface area contributed by atoms with Crippen LogP contribution < -0.4 is 11.3 Å². The molecule has 0 aliphatic rings. The van der Waals surface area contributed by atoms with Crippen LogP contribution in [0, 0.1) is 18.6 Å². The largest absolute Gasteiger partial charge is 0.273 e. The standard InChI is InChI=1S/C12H14F2N4/c1-7-11(6-16-18(7)2)12(17-15)8-3-9(13)5-10(14)4-8/h3-6,12,17H,15H2,1-2H3. The molecular weight excluding hydrogens is 238 g/mol. The van der Waals surface area contributed by atoms with Gasteiger partial charge in [0.05, 0.1) is 12.2 Å². The van der Waals surface area contributed by atoms with Gasteiger partial charge in [0.2, 0.25) is 0 Å². The number of benzene rings is 1. The molecule has 18 heavy (non-hydrogen) atoms. The fourth-order valence-corrected chi connectivity index (χ4v) is 1.91. The normalized spacial score (nSPS) is 12.7. The van der Waals surface area contributed by atoms with Crippen molar-refractivity contribution in [2.75, 3.05) is 0 Å². The van der Waals surface area contributed by atoms with Gasteiger partial charge in [-0.05, 0) is 24.6 Å². The molecule has 0 saturated heterocycles. The van der Waals surface area contributed by atoms with Crippen molar-refractivity contribution < 1.29 is 8.78 Å². The van der Waals surface area contributed by atoms with Gasteiger partial charge in [-0.3, -0.25) is 10.5 Å². The summed E-state index contributed by atoms with van der Waals surface area (Å²) in [5.74, 6) is 4.22. The molecule has 2 aromatic rings. The molecule has 0 amide bonds. The van der Waals surface area contributed by atoms with Gasteiger partial charge in [0.1, 0.15) is 11.6 Å². The van der Waals surface area contributed by atoms with E-state index < -0.39 is 17.7 Å². The maximum Gasteiger partial charge on any atom is 0.126 e. The summed E-state index contributed by atoms with van der Waals surface area (Å²) in [7, 11) is 1.79. The predicted molar refractivity (Wildman–Crippen MR) is 63.5 cm³/mol. The Labute approximate surface area is 103 Å². The highest BCUT2D eigenvalue weighted by Crippen LogP contribution is 2.25. The molecule has 0 aliphatic heterocycles. The summed E-state index contributed by atoms with van der Waals surface area (Å²) in [5.41, 5.74) is 4.64. The summed E-state index contributed by atoms with van der Waals surface area (Å²) < 4.78 is 28.1. The molecule has 1 heterocycles. The minimum absolute atomic E-state index is 0.422. The number of aromatic nitrogens is 2. The summed E-state index contributed by atoms with van der Waals surface area (Å²) in [6.45, 7) is 1.86. The quantitative estimate of drug-likeness (QED) is 0.644. The molecule has 0 fully saturated rings. The summed E-state index contributed by atoms with van der Waals surface area (Å²) in [6.07, 6.45) is 1.63. The molecule has 6 heteroatoms. The van der Waals surface area contributed by atoms with Crippen LogP contribution >= 0.6 is 0 Å². The Morgan fingerprint density at radius 2 is 1.89 bits per heavy atom. The van der Waals surface area contributed by atoms with E-state index in [-0.39, 0.29) is 0 Å². The molecule has 1 aromatic carbocycles. The van der Waals surface area contributed by atoms with E-state index in [1.165, 1.54) is 12.1 Å². The van der Waals surface area contributed by atoms with Gasteiger partial charge in [0, 0.05) is 24.4 Å². The molecule has 0 saturated carbocycles. The number of hydrogen-bond donors (Lipinski definition) is 2. The Morgan fingerprint density at radius 3 is 2.33 bits per heavy atom. The van der Waals surface area contributed by atoms with Gasteiger partial charge in [-0.2, -0.15) is 5.10 Å². The highest BCUT2D eigenvalue weighted by molar-refractivity contribution is 5.33. The lowest BCUT2D eigenvalue weighted by Gasteiger charge is -2.16. The molecule has 3 N–H and O–H groups in total. The first kappa shape index (κ1) is 12.7. The molecule has 0 aliphatic carbocycles. The number of aryl methyl sites for hydroxylation is 1. The highest BCUT2D eigenvalue weighted by atomic mass is 19.1. The van der Waals surface area contributed by atoms with Gasteiger partial charge in [-0.15, -0.1) is 0 Å². The summed E-state index contributed by atoms with van der Waals surface area (Å²) in [5, 5.41) is 4.09. The van der Waals surface area contributed by atoms with Crippen LogP contribution in [0.2, 0.25) is 0 Å². The van der Waals surface area contributed by atoms with Crippen molar-refractivity contribution in [3.63, 3.8) is 0 Å². The zero-order chi connectivity index (χ0) is 13.3. The maximum atomic E-state index is 13.2. The van der Waals surface area contributed by atoms with Gasteiger partial charge >= 0.3 is 0 Å². The predicted octanol–water partition coefficient (Wildman–Crippen LogP) is 1.56. The van der Waals surface area contributed by atoms with E-state index in [0.717, 1.165) is 17.3 Å². The molecule has 1 atom stereocenters. The monoisotopic (exact) mass is 252 g/mol. The number of hydrogen-bond acceptors (Lipinski definition) is 3. The number of halogens is 2. The van der Waals surface area contributed by atoms with Crippen molar-refractivity contribution >= 4 is 0 Å². The fourth-order valence-electron chi connectivity index (χ4n) is 1.91. The number of nitrogens with two attached hydrogens (primary N) is 1. The lowest BCUT2D eigenvalue weighted by atomic mass is 10.00. The zero-order valence-corrected chi connectivity index (χ0v) is 10.1. The van der Waals surface area contributed by atoms with Gasteiger partial charge in [0.25, 0.3) is 0 Å². The summed E-state index contributed by atoms with van der Waals surface area (Å²) >= 11 is 0. The molecule has 4 nitrogen and oxygen atoms in total. The second kappa shape index (κ2) is 4.83. The van der Waals surface area contributed by atoms with Gasteiger partial charge in [-0.25, -0.2) is 14.2 Å². The van der Waals surface area contributed by atoms with Crippen molar-refractivity contribution in [1.29, 1.82) is 0 Å². The van der Waals surface area contributed by atoms with E-state index in [0.29, 0.717) is 5.56 Å². The van der Waals surface area contributed by atoms with Crippen LogP contribution in [0.1, 0.15) is 22.9 Å². The molecular formula is C12H14F2N4. The third-order valence-electron chi connectivity index (χ3n) is 2.97. The molecule has 1 unspecified atom stereocenters. The highest BCUT2D eigenvalue weighted by Gasteiger charge is 2.18. The van der Waals surface area contributed by atoms with E-state index in [2.05, 4.69) is 10.5 Å². The number of nitrogens with zero attached hydrogens (tertiary/aromatic N) is 2. The van der Waals surface area contributed by atoms with E-state index in [9.17, 15) is 8.78 Å². The lowest BCUT2D eigenvalue weighted by molar-refractivity contribution is 0.565. The Kier molecular flexibility index (Phi) is 3.40. The second-order valence-electron chi connectivity index (χ2n) is 4.11. The Morgan fingerprint density at radius 1 is 1.28 bits per heavy atom. The van der Waals surface area contributed by atoms with Crippen LogP contribution in [-0.2, 0) is 7.05 Å². The van der Waals surface area contributed by atoms with Gasteiger partial charge in [-0.1, -0.05) is 0 Å². The Bertz CT molecular complexity index is 545. The average Bonchev–Trinajstić information content (AvgIpc) is 2.61. The van der Waals surface area contributed by atoms with E-state index in [4.69, 9.17) is 5.84 Å². The third-order valence-corrected chi connectivity index (χ3v) is 2.97. The smallest absolute Gasteiger partial charge is 0.126 e. The van der Waals surface area contributed by atoms with Gasteiger partial charge in [0.15, 0.2) is 0 Å². The molecule has 0 radical (unpaired) electrons. The SMILES string of the molecule is Cc1c(C(NN)c2cc(F)cc(F)c2)cnn1C. The first-order valence-corrected chi connectivity index (χ1v) is 5.43. The Balaban J connectivity index is 2.48. The van der Waals surface area contributed by atoms with Crippen LogP contribution in [0.4, 0.5) is 8.78 Å². The third kappa shape index (κ3) is 2.25. The van der Waals surface area contributed by atoms with Crippen LogP contribution in [0.3, 0.4) is 0 Å². The number of hydrazine groups is 1. The first-order valence-electron chi connectivity index (χ1n) is 5.43. The topological polar surface area (TPSA) is 55.9 Å². The van der Waals surface area contributed by atoms with Crippen molar-refractivity contribution in [3.05, 3.63) is 52.9 Å². The maximum absolute atomic E-state index is 13.2. The van der Waals surface area contributed by atoms with Crippen molar-refractivity contribution in [2.24, 2.45) is 12.9 Å². The molecule has 96 valence electrons. The van der Waals surface area contributed by atoms with Crippen molar-refractivity contribution in [2.45, 2.75) is 13.0 Å². The zero-order valence-electron chi connectivity index (χ0n) is 10.1. The summed E-state index contributed by atoms with van der Waals surface area (Å²) in [4.78, 5) is 0. The van der Waals surface area contributed by atoms with Crippen molar-refractivity contribution in [3.8, 4) is 0 Å². The second-order valence-corrected chi connectivity index (χ2v) is 4.11. The molecule has 0 spiro atoms. The molecule has 0 bridgehead atoms. The number of nitrogens with one attached hydrogen (secondary N) is 1. The van der Waals surface area contributed by atoms with Crippen LogP contribution in [-0.4, -0.2) is 9.78 Å². The van der Waals surface area contributed by atoms with E-state index >= 15 is 0 Å². The average molecular weight is 252 g/mol. The fraction of sp³-hybridized carbons (Fsp3) is 0.250. The Hall–Kier alpha value is -1.79. The van der Waals surface area contributed by atoms with E-state index in [1.54, 1.807) is 17.9 Å². The van der Waals surface area contributed by atoms with Gasteiger partial charge < -0.3 is 0 Å². The van der Waals surface area contributed by atoms with Crippen LogP contribution in [0.5, 0.6) is 0 Å². The van der Waals surface area contributed by atoms with Crippen LogP contribution in [0.15, 0.2) is 24.4 Å². The first-order chi connectivity index (χ1) is 8.52. The van der Waals surface area contributed by atoms with Crippen molar-refractivity contribution in [1.82, 2.24) is 15.2 Å². The van der Waals surface area contributed by atoms with Crippen LogP contribution in [0.25, 0.3) is 0 Å². The minimum Gasteiger partial charge on any atom is -0.273 e. The minimum atomic E-state index is -0.633. The van der Waals surface area contributed by atoms with E-state index in [1.807, 2.05) is 6.92 Å². The summed E-state index contributed by atoms with van der Waals surface area (Å²) in [6, 6.07) is 2.83.